The molecule has 0 unspecified atom stereocenters. The predicted molar refractivity (Wildman–Crippen MR) is 98.1 cm³/mol. The minimum absolute atomic E-state index is 0.0944. The van der Waals surface area contributed by atoms with Crippen molar-refractivity contribution >= 4 is 17.6 Å². The Bertz CT molecular complexity index is 1160. The summed E-state index contributed by atoms with van der Waals surface area (Å²) < 4.78 is 28.6. The molecule has 0 saturated heterocycles. The van der Waals surface area contributed by atoms with Crippen LogP contribution >= 0.6 is 0 Å². The van der Waals surface area contributed by atoms with Crippen LogP contribution in [0.1, 0.15) is 11.4 Å². The van der Waals surface area contributed by atoms with E-state index in [1.807, 2.05) is 6.07 Å². The summed E-state index contributed by atoms with van der Waals surface area (Å²) >= 11 is 0. The molecule has 0 radical (unpaired) electrons. The minimum Gasteiger partial charge on any atom is -0.350 e. The van der Waals surface area contributed by atoms with Crippen molar-refractivity contribution in [2.24, 2.45) is 0 Å². The number of carbonyl (C=O) groups is 2. The number of nitrogens with one attached hydrogen (secondary N) is 1. The normalized spacial score (nSPS) is 12.9. The summed E-state index contributed by atoms with van der Waals surface area (Å²) in [4.78, 5) is 42.4. The molecular weight excluding hydrogens is 384 g/mol. The van der Waals surface area contributed by atoms with Crippen molar-refractivity contribution in [3.63, 3.8) is 0 Å². The van der Waals surface area contributed by atoms with Crippen LogP contribution in [0.15, 0.2) is 53.3 Å². The lowest BCUT2D eigenvalue weighted by Crippen LogP contribution is -2.38. The van der Waals surface area contributed by atoms with Gasteiger partial charge in [-0.2, -0.15) is 9.67 Å². The number of anilines is 1. The highest BCUT2D eigenvalue weighted by molar-refractivity contribution is 5.95. The van der Waals surface area contributed by atoms with E-state index >= 15 is 0 Å². The number of halogens is 2. The molecule has 29 heavy (non-hydrogen) atoms. The number of rotatable bonds is 5. The lowest BCUT2D eigenvalue weighted by Gasteiger charge is -2.15. The smallest absolute Gasteiger partial charge is 0.350 e. The largest absolute Gasteiger partial charge is 0.365 e. The zero-order valence-electron chi connectivity index (χ0n) is 15.0. The number of hydrogen-bond acceptors (Lipinski definition) is 4. The highest BCUT2D eigenvalue weighted by atomic mass is 19.1. The summed E-state index contributed by atoms with van der Waals surface area (Å²) in [6.07, 6.45) is 0. The number of hydrogen-bond donors (Lipinski definition) is 1. The van der Waals surface area contributed by atoms with E-state index in [9.17, 15) is 23.2 Å². The summed E-state index contributed by atoms with van der Waals surface area (Å²) in [7, 11) is 0. The Kier molecular flexibility index (Phi) is 4.67. The molecule has 1 N–H and O–H groups in total. The molecule has 3 aromatic rings. The van der Waals surface area contributed by atoms with Gasteiger partial charge in [-0.1, -0.05) is 24.3 Å². The number of fused-ring (bicyclic) bond motifs is 1. The first-order valence-electron chi connectivity index (χ1n) is 8.70. The third-order valence-electron chi connectivity index (χ3n) is 4.50. The van der Waals surface area contributed by atoms with Crippen LogP contribution in [0.5, 0.6) is 0 Å². The zero-order chi connectivity index (χ0) is 20.5. The first-order valence-corrected chi connectivity index (χ1v) is 8.70. The van der Waals surface area contributed by atoms with Gasteiger partial charge in [0.15, 0.2) is 5.82 Å². The molecule has 0 atom stereocenters. The zero-order valence-corrected chi connectivity index (χ0v) is 15.0. The summed E-state index contributed by atoms with van der Waals surface area (Å²) in [5.41, 5.74) is -0.000603. The first-order chi connectivity index (χ1) is 13.9. The third kappa shape index (κ3) is 3.51. The molecule has 2 aromatic carbocycles. The van der Waals surface area contributed by atoms with Crippen LogP contribution in [0.25, 0.3) is 0 Å². The van der Waals surface area contributed by atoms with Crippen molar-refractivity contribution in [2.45, 2.75) is 19.6 Å². The molecule has 0 bridgehead atoms. The van der Waals surface area contributed by atoms with E-state index in [1.54, 1.807) is 24.3 Å². The first kappa shape index (κ1) is 18.5. The molecule has 0 fully saturated rings. The van der Waals surface area contributed by atoms with E-state index in [0.717, 1.165) is 15.4 Å². The van der Waals surface area contributed by atoms with Gasteiger partial charge in [0.25, 0.3) is 0 Å². The Morgan fingerprint density at radius 1 is 1.10 bits per heavy atom. The fraction of sp³-hybridized carbons (Fsp3) is 0.158. The summed E-state index contributed by atoms with van der Waals surface area (Å²) in [6, 6.07) is 11.4. The quantitative estimate of drug-likeness (QED) is 0.706. The Labute approximate surface area is 163 Å². The molecule has 0 aliphatic carbocycles. The van der Waals surface area contributed by atoms with Gasteiger partial charge in [-0.3, -0.25) is 9.69 Å². The van der Waals surface area contributed by atoms with Gasteiger partial charge in [0, 0.05) is 23.9 Å². The van der Waals surface area contributed by atoms with Crippen molar-refractivity contribution in [3.8, 4) is 0 Å². The molecule has 1 aliphatic rings. The van der Waals surface area contributed by atoms with E-state index in [2.05, 4.69) is 10.3 Å². The minimum atomic E-state index is -0.790. The molecule has 2 heterocycles. The Morgan fingerprint density at radius 2 is 1.86 bits per heavy atom. The molecule has 1 aromatic heterocycles. The summed E-state index contributed by atoms with van der Waals surface area (Å²) in [5, 5.41) is 2.45. The van der Waals surface area contributed by atoms with E-state index in [4.69, 9.17) is 0 Å². The maximum Gasteiger partial charge on any atom is 0.365 e. The van der Waals surface area contributed by atoms with Crippen LogP contribution in [-0.2, 0) is 24.4 Å². The molecule has 0 saturated carbocycles. The number of nitrogens with zero attached hydrogens (tertiary/aromatic N) is 4. The fourth-order valence-electron chi connectivity index (χ4n) is 3.08. The Morgan fingerprint density at radius 3 is 2.59 bits per heavy atom. The molecule has 8 nitrogen and oxygen atoms in total. The number of carbonyl (C=O) groups excluding carboxylic acids is 2. The van der Waals surface area contributed by atoms with Crippen LogP contribution in [0.3, 0.4) is 0 Å². The number of para-hydroxylation sites is 1. The topological polar surface area (TPSA) is 89.2 Å². The van der Waals surface area contributed by atoms with Gasteiger partial charge >= 0.3 is 11.7 Å². The van der Waals surface area contributed by atoms with Crippen LogP contribution in [0.4, 0.5) is 19.3 Å². The third-order valence-corrected chi connectivity index (χ3v) is 4.50. The highest BCUT2D eigenvalue weighted by Crippen LogP contribution is 2.22. The second-order valence-electron chi connectivity index (χ2n) is 6.40. The molecule has 10 heteroatoms. The van der Waals surface area contributed by atoms with Gasteiger partial charge in [0.05, 0.1) is 6.54 Å². The van der Waals surface area contributed by atoms with Crippen molar-refractivity contribution in [1.29, 1.82) is 0 Å². The second-order valence-corrected chi connectivity index (χ2v) is 6.40. The van der Waals surface area contributed by atoms with Crippen LogP contribution in [-0.4, -0.2) is 26.3 Å². The Balaban J connectivity index is 1.49. The van der Waals surface area contributed by atoms with Crippen molar-refractivity contribution in [2.75, 3.05) is 4.90 Å². The average Bonchev–Trinajstić information content (AvgIpc) is 3.17. The average molecular weight is 399 g/mol. The number of aromatic nitrogens is 3. The molecule has 148 valence electrons. The van der Waals surface area contributed by atoms with Crippen LogP contribution in [0, 0.1) is 11.6 Å². The standard InChI is InChI=1S/C19H15F2N5O3/c20-13-7-6-12(15(21)8-13)9-22-17(27)11-25-18(28)23-16-10-24(19(29)26(16)25)14-4-2-1-3-5-14/h1-8H,9-11H2,(H,22,27). The van der Waals surface area contributed by atoms with Gasteiger partial charge in [-0.15, -0.1) is 0 Å². The van der Waals surface area contributed by atoms with Crippen molar-refractivity contribution in [3.05, 3.63) is 82.0 Å². The Hall–Kier alpha value is -3.82. The van der Waals surface area contributed by atoms with E-state index in [0.29, 0.717) is 11.8 Å². The van der Waals surface area contributed by atoms with Crippen molar-refractivity contribution in [1.82, 2.24) is 19.7 Å². The maximum atomic E-state index is 13.7. The molecule has 2 amide bonds. The molecule has 1 aliphatic heterocycles. The van der Waals surface area contributed by atoms with Gasteiger partial charge in [-0.05, 0) is 18.2 Å². The van der Waals surface area contributed by atoms with Gasteiger partial charge < -0.3 is 5.32 Å². The van der Waals surface area contributed by atoms with Gasteiger partial charge in [-0.25, -0.2) is 23.1 Å². The van der Waals surface area contributed by atoms with Gasteiger partial charge in [0.1, 0.15) is 18.2 Å². The van der Waals surface area contributed by atoms with Crippen LogP contribution in [0.2, 0.25) is 0 Å². The van der Waals surface area contributed by atoms with Crippen molar-refractivity contribution < 1.29 is 18.4 Å². The molecular formula is C19H15F2N5O3. The monoisotopic (exact) mass is 399 g/mol. The van der Waals surface area contributed by atoms with E-state index < -0.39 is 35.8 Å². The number of benzene rings is 2. The SMILES string of the molecule is O=C(Cn1c(=O)nc2n1C(=O)N(c1ccccc1)C2)NCc1ccc(F)cc1F. The highest BCUT2D eigenvalue weighted by Gasteiger charge is 2.33. The molecule has 0 spiro atoms. The maximum absolute atomic E-state index is 13.7. The lowest BCUT2D eigenvalue weighted by molar-refractivity contribution is -0.122. The fourth-order valence-corrected chi connectivity index (χ4v) is 3.08. The summed E-state index contributed by atoms with van der Waals surface area (Å²) in [5.74, 6) is -1.91. The van der Waals surface area contributed by atoms with E-state index in [-0.39, 0.29) is 24.5 Å². The predicted octanol–water partition coefficient (Wildman–Crippen LogP) is 1.63. The molecule has 4 rings (SSSR count). The van der Waals surface area contributed by atoms with E-state index in [1.165, 1.54) is 11.0 Å². The number of amides is 2. The van der Waals surface area contributed by atoms with Gasteiger partial charge in [0.2, 0.25) is 5.91 Å². The second kappa shape index (κ2) is 7.30. The van der Waals surface area contributed by atoms with Crippen LogP contribution < -0.4 is 15.9 Å². The lowest BCUT2D eigenvalue weighted by atomic mass is 10.2. The summed E-state index contributed by atoms with van der Waals surface area (Å²) in [6.45, 7) is -0.554.